The molecule has 12 nitrogen and oxygen atoms in total. The average Bonchev–Trinajstić information content (AvgIpc) is 2.88. The molecule has 1 rings (SSSR count). The highest BCUT2D eigenvalue weighted by molar-refractivity contribution is 5.76. The van der Waals surface area contributed by atoms with Gasteiger partial charge in [0.05, 0.1) is 0 Å². The van der Waals surface area contributed by atoms with Crippen molar-refractivity contribution in [2.45, 2.75) is 106 Å². The first-order valence-electron chi connectivity index (χ1n) is 13.8. The Bertz CT molecular complexity index is 1010. The molecule has 0 heterocycles. The van der Waals surface area contributed by atoms with Crippen LogP contribution in [0, 0.1) is 11.8 Å². The van der Waals surface area contributed by atoms with Crippen LogP contribution >= 0.6 is 0 Å². The Morgan fingerprint density at radius 1 is 0.707 bits per heavy atom. The van der Waals surface area contributed by atoms with Crippen LogP contribution in [0.3, 0.4) is 0 Å². The van der Waals surface area contributed by atoms with Gasteiger partial charge < -0.3 is 38.9 Å². The van der Waals surface area contributed by atoms with Gasteiger partial charge in [-0.1, -0.05) is 40.7 Å². The second kappa shape index (κ2) is 17.3. The first-order valence-corrected chi connectivity index (χ1v) is 13.8. The van der Waals surface area contributed by atoms with Gasteiger partial charge in [0.25, 0.3) is 0 Å². The van der Waals surface area contributed by atoms with Gasteiger partial charge in [-0.05, 0) is 70.1 Å². The maximum absolute atomic E-state index is 12.5. The van der Waals surface area contributed by atoms with E-state index in [2.05, 4.69) is 0 Å². The molecule has 41 heavy (non-hydrogen) atoms. The van der Waals surface area contributed by atoms with E-state index in [-0.39, 0.29) is 42.5 Å². The molecule has 0 saturated heterocycles. The topological polar surface area (TPSA) is 159 Å². The minimum Gasteiger partial charge on any atom is -0.461 e. The van der Waals surface area contributed by atoms with Gasteiger partial charge in [-0.3, -0.25) is 4.79 Å². The summed E-state index contributed by atoms with van der Waals surface area (Å²) in [5.41, 5.74) is 6.51. The van der Waals surface area contributed by atoms with E-state index in [1.165, 1.54) is 12.1 Å². The summed E-state index contributed by atoms with van der Waals surface area (Å²) in [6.07, 6.45) is -4.10. The molecular weight excluding hydrogens is 538 g/mol. The molecule has 3 unspecified atom stereocenters. The van der Waals surface area contributed by atoms with Gasteiger partial charge in [-0.15, -0.1) is 0 Å². The molecule has 232 valence electrons. The maximum atomic E-state index is 12.5. The molecule has 12 heteroatoms. The van der Waals surface area contributed by atoms with Crippen LogP contribution in [0.2, 0.25) is 0 Å². The molecule has 0 saturated carbocycles. The lowest BCUT2D eigenvalue weighted by molar-refractivity contribution is -0.148. The predicted molar refractivity (Wildman–Crippen MR) is 149 cm³/mol. The number of rotatable bonds is 14. The molecule has 0 aromatic heterocycles. The fourth-order valence-corrected chi connectivity index (χ4v) is 2.76. The third-order valence-electron chi connectivity index (χ3n) is 6.23. The van der Waals surface area contributed by atoms with Crippen LogP contribution in [-0.4, -0.2) is 61.5 Å². The lowest BCUT2D eigenvalue weighted by Gasteiger charge is -2.19. The highest BCUT2D eigenvalue weighted by Crippen LogP contribution is 2.30. The predicted octanol–water partition coefficient (Wildman–Crippen LogP) is 5.56. The summed E-state index contributed by atoms with van der Waals surface area (Å²) in [4.78, 5) is 48.9. The van der Waals surface area contributed by atoms with Crippen LogP contribution in [0.4, 0.5) is 14.4 Å². The Labute approximate surface area is 242 Å². The van der Waals surface area contributed by atoms with Crippen molar-refractivity contribution in [3.8, 4) is 11.5 Å². The van der Waals surface area contributed by atoms with E-state index in [4.69, 9.17) is 38.9 Å². The number of carbonyl (C=O) groups is 4. The third kappa shape index (κ3) is 13.6. The monoisotopic (exact) mass is 583 g/mol. The number of carbonyl (C=O) groups excluding carboxylic acids is 4. The van der Waals surface area contributed by atoms with Crippen LogP contribution in [-0.2, 0) is 34.9 Å². The van der Waals surface area contributed by atoms with E-state index in [0.717, 1.165) is 0 Å². The van der Waals surface area contributed by atoms with Gasteiger partial charge >= 0.3 is 24.4 Å². The van der Waals surface area contributed by atoms with E-state index < -0.39 is 48.8 Å². The molecule has 0 aliphatic carbocycles. The SMILES string of the molecule is CCC(C)OC(=O)O[C@@H](C)COC(=O)[C@@H](N)Cc1ccc(OC(=O)OC(C)C(C)C)c(OC(=O)OC(C)C(C)C)c1. The number of nitrogens with two attached hydrogens (primary N) is 1. The largest absolute Gasteiger partial charge is 0.514 e. The van der Waals surface area contributed by atoms with E-state index in [9.17, 15) is 19.2 Å². The van der Waals surface area contributed by atoms with Gasteiger partial charge in [-0.2, -0.15) is 0 Å². The molecule has 2 N–H and O–H groups in total. The van der Waals surface area contributed by atoms with Crippen molar-refractivity contribution in [1.29, 1.82) is 0 Å². The Morgan fingerprint density at radius 2 is 1.22 bits per heavy atom. The smallest absolute Gasteiger partial charge is 0.461 e. The number of hydrogen-bond acceptors (Lipinski definition) is 12. The Hall–Kier alpha value is -3.54. The average molecular weight is 584 g/mol. The lowest BCUT2D eigenvalue weighted by Crippen LogP contribution is -2.36. The van der Waals surface area contributed by atoms with E-state index in [1.54, 1.807) is 33.8 Å². The standard InChI is InChI=1S/C29H45NO11/c1-10-18(6)36-27(32)37-19(7)15-35-26(31)23(30)13-22-11-12-24(40-28(33)38-20(8)16(2)3)25(14-22)41-29(34)39-21(9)17(4)5/h11-12,14,16-21,23H,10,13,15,30H2,1-9H3/t18?,19-,20?,21?,23-/m0/s1. The summed E-state index contributed by atoms with van der Waals surface area (Å²) in [6, 6.07) is 3.24. The van der Waals surface area contributed by atoms with E-state index in [0.29, 0.717) is 12.0 Å². The first-order chi connectivity index (χ1) is 19.1. The molecule has 5 atom stereocenters. The Kier molecular flexibility index (Phi) is 15.0. The van der Waals surface area contributed by atoms with Crippen LogP contribution in [0.25, 0.3) is 0 Å². The molecule has 0 amide bonds. The Morgan fingerprint density at radius 3 is 1.73 bits per heavy atom. The molecular formula is C29H45NO11. The molecule has 1 aromatic rings. The van der Waals surface area contributed by atoms with Crippen LogP contribution in [0.1, 0.15) is 74.3 Å². The molecule has 1 aromatic carbocycles. The molecule has 0 aliphatic heterocycles. The zero-order valence-electron chi connectivity index (χ0n) is 25.5. The van der Waals surface area contributed by atoms with Crippen LogP contribution in [0.5, 0.6) is 11.5 Å². The van der Waals surface area contributed by atoms with Gasteiger partial charge in [0.15, 0.2) is 11.5 Å². The summed E-state index contributed by atoms with van der Waals surface area (Å²) >= 11 is 0. The molecule has 0 spiro atoms. The minimum atomic E-state index is -1.10. The van der Waals surface area contributed by atoms with E-state index in [1.807, 2.05) is 34.6 Å². The second-order valence-corrected chi connectivity index (χ2v) is 10.6. The number of hydrogen-bond donors (Lipinski definition) is 1. The van der Waals surface area contributed by atoms with Gasteiger partial charge in [0.2, 0.25) is 0 Å². The summed E-state index contributed by atoms with van der Waals surface area (Å²) in [7, 11) is 0. The van der Waals surface area contributed by atoms with Crippen molar-refractivity contribution in [3.63, 3.8) is 0 Å². The van der Waals surface area contributed by atoms with Crippen molar-refractivity contribution < 1.29 is 52.3 Å². The van der Waals surface area contributed by atoms with E-state index >= 15 is 0 Å². The number of benzene rings is 1. The third-order valence-corrected chi connectivity index (χ3v) is 6.23. The molecule has 0 radical (unpaired) electrons. The number of esters is 1. The second-order valence-electron chi connectivity index (χ2n) is 10.6. The number of ether oxygens (including phenoxy) is 7. The van der Waals surface area contributed by atoms with Gasteiger partial charge in [0, 0.05) is 0 Å². The zero-order chi connectivity index (χ0) is 31.3. The van der Waals surface area contributed by atoms with Crippen molar-refractivity contribution in [3.05, 3.63) is 23.8 Å². The lowest BCUT2D eigenvalue weighted by atomic mass is 10.1. The fraction of sp³-hybridized carbons (Fsp3) is 0.655. The molecule has 0 bridgehead atoms. The Balaban J connectivity index is 2.92. The summed E-state index contributed by atoms with van der Waals surface area (Å²) in [5.74, 6) is -0.854. The minimum absolute atomic E-state index is 0.00690. The van der Waals surface area contributed by atoms with Crippen molar-refractivity contribution in [2.24, 2.45) is 17.6 Å². The van der Waals surface area contributed by atoms with Crippen molar-refractivity contribution >= 4 is 24.4 Å². The van der Waals surface area contributed by atoms with Crippen molar-refractivity contribution in [1.82, 2.24) is 0 Å². The first kappa shape index (κ1) is 35.5. The quantitative estimate of drug-likeness (QED) is 0.165. The highest BCUT2D eigenvalue weighted by atomic mass is 16.8. The van der Waals surface area contributed by atoms with Gasteiger partial charge in [0.1, 0.15) is 37.1 Å². The molecule has 0 fully saturated rings. The fourth-order valence-electron chi connectivity index (χ4n) is 2.76. The molecule has 0 aliphatic rings. The maximum Gasteiger partial charge on any atom is 0.514 e. The normalized spacial score (nSPS) is 14.7. The summed E-state index contributed by atoms with van der Waals surface area (Å²) < 4.78 is 36.4. The van der Waals surface area contributed by atoms with Crippen LogP contribution < -0.4 is 15.2 Å². The zero-order valence-corrected chi connectivity index (χ0v) is 25.5. The summed E-state index contributed by atoms with van der Waals surface area (Å²) in [5, 5.41) is 0. The van der Waals surface area contributed by atoms with Gasteiger partial charge in [-0.25, -0.2) is 14.4 Å². The van der Waals surface area contributed by atoms with Crippen molar-refractivity contribution in [2.75, 3.05) is 6.61 Å². The van der Waals surface area contributed by atoms with Crippen LogP contribution in [0.15, 0.2) is 18.2 Å². The highest BCUT2D eigenvalue weighted by Gasteiger charge is 2.23. The summed E-state index contributed by atoms with van der Waals surface area (Å²) in [6.45, 7) is 15.9.